The van der Waals surface area contributed by atoms with Crippen molar-refractivity contribution in [3.05, 3.63) is 65.1 Å². The maximum atomic E-state index is 12.9. The summed E-state index contributed by atoms with van der Waals surface area (Å²) in [6.07, 6.45) is -3.20. The predicted molar refractivity (Wildman–Crippen MR) is 89.2 cm³/mol. The Labute approximate surface area is 150 Å². The minimum atomic E-state index is -4.51. The van der Waals surface area contributed by atoms with Crippen molar-refractivity contribution in [1.29, 1.82) is 0 Å². The van der Waals surface area contributed by atoms with Gasteiger partial charge in [0.15, 0.2) is 5.82 Å². The maximum Gasteiger partial charge on any atom is 0.416 e. The first kappa shape index (κ1) is 17.9. The molecule has 3 rings (SSSR count). The molecule has 26 heavy (non-hydrogen) atoms. The molecular weight excluding hydrogens is 374 g/mol. The molecule has 134 valence electrons. The van der Waals surface area contributed by atoms with Crippen LogP contribution < -0.4 is 10.6 Å². The molecule has 0 unspecified atom stereocenters. The van der Waals surface area contributed by atoms with Crippen LogP contribution in [-0.2, 0) is 6.18 Å². The van der Waals surface area contributed by atoms with E-state index in [0.29, 0.717) is 5.69 Å². The van der Waals surface area contributed by atoms with E-state index >= 15 is 0 Å². The summed E-state index contributed by atoms with van der Waals surface area (Å²) in [5.41, 5.74) is -0.324. The van der Waals surface area contributed by atoms with Gasteiger partial charge in [-0.1, -0.05) is 11.6 Å². The summed E-state index contributed by atoms with van der Waals surface area (Å²) in [6, 6.07) is 8.37. The predicted octanol–water partition coefficient (Wildman–Crippen LogP) is 5.17. The molecule has 0 radical (unpaired) electrons. The normalized spacial score (nSPS) is 11.3. The van der Waals surface area contributed by atoms with E-state index in [1.54, 1.807) is 0 Å². The molecule has 0 atom stereocenters. The van der Waals surface area contributed by atoms with Crippen LogP contribution >= 0.6 is 11.6 Å². The van der Waals surface area contributed by atoms with Crippen molar-refractivity contribution >= 4 is 34.7 Å². The van der Waals surface area contributed by atoms with Crippen molar-refractivity contribution in [1.82, 2.24) is 15.2 Å². The van der Waals surface area contributed by atoms with E-state index in [0.717, 1.165) is 18.2 Å². The second kappa shape index (κ2) is 7.12. The molecule has 0 aliphatic rings. The molecule has 2 aromatic carbocycles. The Morgan fingerprint density at radius 1 is 0.962 bits per heavy atom. The Hall–Kier alpha value is -2.94. The van der Waals surface area contributed by atoms with Gasteiger partial charge in [0, 0.05) is 5.69 Å². The fraction of sp³-hybridized carbons (Fsp3) is 0.0625. The quantitative estimate of drug-likeness (QED) is 0.608. The molecule has 0 saturated carbocycles. The van der Waals surface area contributed by atoms with Gasteiger partial charge in [0.1, 0.15) is 5.82 Å². The van der Waals surface area contributed by atoms with Crippen molar-refractivity contribution in [3.8, 4) is 0 Å². The SMILES string of the molecule is Fc1ccc(Nc2cnnc(Nc3cc(C(F)(F)F)ccc3Cl)n2)cc1. The highest BCUT2D eigenvalue weighted by molar-refractivity contribution is 6.33. The lowest BCUT2D eigenvalue weighted by Crippen LogP contribution is -2.07. The van der Waals surface area contributed by atoms with E-state index in [1.165, 1.54) is 30.5 Å². The molecule has 0 amide bonds. The topological polar surface area (TPSA) is 62.7 Å². The third-order valence-corrected chi connectivity index (χ3v) is 3.55. The highest BCUT2D eigenvalue weighted by atomic mass is 35.5. The van der Waals surface area contributed by atoms with Gasteiger partial charge >= 0.3 is 6.18 Å². The zero-order valence-corrected chi connectivity index (χ0v) is 13.6. The van der Waals surface area contributed by atoms with E-state index in [2.05, 4.69) is 25.8 Å². The third-order valence-electron chi connectivity index (χ3n) is 3.22. The molecule has 0 saturated heterocycles. The molecule has 3 aromatic rings. The summed E-state index contributed by atoms with van der Waals surface area (Å²) in [5, 5.41) is 13.0. The number of alkyl halides is 3. The van der Waals surface area contributed by atoms with Gasteiger partial charge in [-0.25, -0.2) is 4.39 Å². The lowest BCUT2D eigenvalue weighted by Gasteiger charge is -2.12. The van der Waals surface area contributed by atoms with Crippen LogP contribution in [0.25, 0.3) is 0 Å². The Kier molecular flexibility index (Phi) is 4.90. The van der Waals surface area contributed by atoms with Gasteiger partial charge in [0.25, 0.3) is 0 Å². The number of hydrogen-bond donors (Lipinski definition) is 2. The number of benzene rings is 2. The standard InChI is InChI=1S/C16H10ClF4N5/c17-12-6-1-9(16(19,20)21)7-13(12)24-15-25-14(8-22-26-15)23-11-4-2-10(18)3-5-11/h1-8H,(H2,23,24,25,26). The summed E-state index contributed by atoms with van der Waals surface area (Å²) in [5.74, 6) is -0.187. The molecule has 2 N–H and O–H groups in total. The number of rotatable bonds is 4. The van der Waals surface area contributed by atoms with Gasteiger partial charge in [0.05, 0.1) is 22.5 Å². The first-order valence-corrected chi connectivity index (χ1v) is 7.55. The minimum absolute atomic E-state index is 0.0118. The number of hydrogen-bond acceptors (Lipinski definition) is 5. The van der Waals surface area contributed by atoms with Crippen molar-refractivity contribution in [3.63, 3.8) is 0 Å². The third kappa shape index (κ3) is 4.37. The summed E-state index contributed by atoms with van der Waals surface area (Å²) in [4.78, 5) is 4.09. The molecular formula is C16H10ClF4N5. The number of anilines is 4. The van der Waals surface area contributed by atoms with Crippen LogP contribution in [0.2, 0.25) is 5.02 Å². The van der Waals surface area contributed by atoms with Crippen molar-refractivity contribution in [2.45, 2.75) is 6.18 Å². The Morgan fingerprint density at radius 2 is 1.69 bits per heavy atom. The van der Waals surface area contributed by atoms with Crippen LogP contribution in [0, 0.1) is 5.82 Å². The van der Waals surface area contributed by atoms with Gasteiger partial charge in [-0.3, -0.25) is 0 Å². The highest BCUT2D eigenvalue weighted by Crippen LogP contribution is 2.34. The van der Waals surface area contributed by atoms with E-state index in [9.17, 15) is 17.6 Å². The minimum Gasteiger partial charge on any atom is -0.339 e. The monoisotopic (exact) mass is 383 g/mol. The highest BCUT2D eigenvalue weighted by Gasteiger charge is 2.31. The number of nitrogens with one attached hydrogen (secondary N) is 2. The van der Waals surface area contributed by atoms with E-state index in [1.807, 2.05) is 0 Å². The number of halogens is 5. The zero-order valence-electron chi connectivity index (χ0n) is 12.9. The summed E-state index contributed by atoms with van der Waals surface area (Å²) < 4.78 is 51.4. The summed E-state index contributed by atoms with van der Waals surface area (Å²) in [6.45, 7) is 0. The van der Waals surface area contributed by atoms with Crippen molar-refractivity contribution in [2.75, 3.05) is 10.6 Å². The van der Waals surface area contributed by atoms with Crippen LogP contribution in [0.4, 0.5) is 40.7 Å². The largest absolute Gasteiger partial charge is 0.416 e. The first-order chi connectivity index (χ1) is 12.3. The van der Waals surface area contributed by atoms with Crippen LogP contribution in [0.5, 0.6) is 0 Å². The smallest absolute Gasteiger partial charge is 0.339 e. The van der Waals surface area contributed by atoms with E-state index in [4.69, 9.17) is 11.6 Å². The molecule has 0 aliphatic carbocycles. The average molecular weight is 384 g/mol. The van der Waals surface area contributed by atoms with Gasteiger partial charge in [0.2, 0.25) is 5.95 Å². The first-order valence-electron chi connectivity index (χ1n) is 7.17. The van der Waals surface area contributed by atoms with Crippen LogP contribution in [-0.4, -0.2) is 15.2 Å². The lowest BCUT2D eigenvalue weighted by atomic mass is 10.2. The summed E-state index contributed by atoms with van der Waals surface area (Å²) in [7, 11) is 0. The van der Waals surface area contributed by atoms with Gasteiger partial charge in [-0.2, -0.15) is 23.3 Å². The second-order valence-electron chi connectivity index (χ2n) is 5.11. The Bertz CT molecular complexity index is 915. The fourth-order valence-electron chi connectivity index (χ4n) is 2.02. The fourth-order valence-corrected chi connectivity index (χ4v) is 2.18. The molecule has 0 bridgehead atoms. The molecule has 1 heterocycles. The van der Waals surface area contributed by atoms with Gasteiger partial charge in [-0.15, -0.1) is 5.10 Å². The molecule has 10 heteroatoms. The number of nitrogens with zero attached hydrogens (tertiary/aromatic N) is 3. The van der Waals surface area contributed by atoms with Crippen LogP contribution in [0.15, 0.2) is 48.7 Å². The van der Waals surface area contributed by atoms with Gasteiger partial charge < -0.3 is 10.6 Å². The molecule has 0 aliphatic heterocycles. The van der Waals surface area contributed by atoms with Gasteiger partial charge in [-0.05, 0) is 42.5 Å². The maximum absolute atomic E-state index is 12.9. The van der Waals surface area contributed by atoms with Crippen LogP contribution in [0.3, 0.4) is 0 Å². The molecule has 5 nitrogen and oxygen atoms in total. The van der Waals surface area contributed by atoms with Crippen molar-refractivity contribution < 1.29 is 17.6 Å². The Morgan fingerprint density at radius 3 is 2.38 bits per heavy atom. The molecule has 0 fully saturated rings. The van der Waals surface area contributed by atoms with E-state index in [-0.39, 0.29) is 22.5 Å². The molecule has 0 spiro atoms. The Balaban J connectivity index is 1.82. The molecule has 1 aromatic heterocycles. The summed E-state index contributed by atoms with van der Waals surface area (Å²) >= 11 is 5.92. The lowest BCUT2D eigenvalue weighted by molar-refractivity contribution is -0.137. The number of aromatic nitrogens is 3. The average Bonchev–Trinajstić information content (AvgIpc) is 2.58. The second-order valence-corrected chi connectivity index (χ2v) is 5.52. The van der Waals surface area contributed by atoms with Crippen molar-refractivity contribution in [2.24, 2.45) is 0 Å². The van der Waals surface area contributed by atoms with E-state index < -0.39 is 17.6 Å². The van der Waals surface area contributed by atoms with Crippen LogP contribution in [0.1, 0.15) is 5.56 Å². The zero-order chi connectivity index (χ0) is 18.7.